The Hall–Kier alpha value is -2.66. The maximum atomic E-state index is 5.38. The van der Waals surface area contributed by atoms with Crippen LogP contribution in [0.1, 0.15) is 5.76 Å². The van der Waals surface area contributed by atoms with Gasteiger partial charge in [0.1, 0.15) is 11.6 Å². The molecule has 0 bridgehead atoms. The van der Waals surface area contributed by atoms with Gasteiger partial charge in [0.25, 0.3) is 0 Å². The molecule has 0 saturated carbocycles. The number of aromatic nitrogens is 2. The molecule has 4 nitrogen and oxygen atoms in total. The lowest BCUT2D eigenvalue weighted by atomic mass is 10.2. The zero-order chi connectivity index (χ0) is 16.4. The summed E-state index contributed by atoms with van der Waals surface area (Å²) in [6.07, 6.45) is 1.67. The molecular weight excluding hydrogens is 366 g/mol. The Morgan fingerprint density at radius 1 is 0.917 bits per heavy atom. The number of anilines is 1. The molecule has 0 aliphatic heterocycles. The predicted octanol–water partition coefficient (Wildman–Crippen LogP) is 5.26. The summed E-state index contributed by atoms with van der Waals surface area (Å²) >= 11 is 3.46. The van der Waals surface area contributed by atoms with Gasteiger partial charge in [-0.15, -0.1) is 0 Å². The van der Waals surface area contributed by atoms with E-state index in [0.29, 0.717) is 12.4 Å². The largest absolute Gasteiger partial charge is 0.467 e. The monoisotopic (exact) mass is 379 g/mol. The van der Waals surface area contributed by atoms with E-state index in [2.05, 4.69) is 21.2 Å². The second-order valence-electron chi connectivity index (χ2n) is 5.35. The molecule has 4 aromatic rings. The molecule has 5 heteroatoms. The number of para-hydroxylation sites is 1. The van der Waals surface area contributed by atoms with Crippen LogP contribution < -0.4 is 5.32 Å². The summed E-state index contributed by atoms with van der Waals surface area (Å²) in [5.41, 5.74) is 1.89. The van der Waals surface area contributed by atoms with Crippen LogP contribution >= 0.6 is 15.9 Å². The first-order valence-electron chi connectivity index (χ1n) is 7.58. The van der Waals surface area contributed by atoms with Crippen LogP contribution in [0.2, 0.25) is 0 Å². The Kier molecular flexibility index (Phi) is 4.01. The molecule has 4 rings (SSSR count). The van der Waals surface area contributed by atoms with E-state index in [9.17, 15) is 0 Å². The van der Waals surface area contributed by atoms with Crippen LogP contribution in [-0.2, 0) is 6.54 Å². The third-order valence-electron chi connectivity index (χ3n) is 3.72. The van der Waals surface area contributed by atoms with Gasteiger partial charge in [0.2, 0.25) is 0 Å². The molecule has 2 aromatic heterocycles. The summed E-state index contributed by atoms with van der Waals surface area (Å²) in [4.78, 5) is 9.41. The Labute approximate surface area is 147 Å². The molecule has 2 heterocycles. The summed E-state index contributed by atoms with van der Waals surface area (Å²) in [5, 5.41) is 4.35. The summed E-state index contributed by atoms with van der Waals surface area (Å²) in [6, 6.07) is 19.8. The average molecular weight is 380 g/mol. The molecule has 118 valence electrons. The SMILES string of the molecule is Brc1ccc(-c2nc(NCc3ccco3)c3ccccc3n2)cc1. The zero-order valence-electron chi connectivity index (χ0n) is 12.7. The fraction of sp³-hybridized carbons (Fsp3) is 0.0526. The van der Waals surface area contributed by atoms with Crippen LogP contribution in [0, 0.1) is 0 Å². The van der Waals surface area contributed by atoms with Gasteiger partial charge in [0.15, 0.2) is 5.82 Å². The van der Waals surface area contributed by atoms with Crippen molar-refractivity contribution in [2.24, 2.45) is 0 Å². The Morgan fingerprint density at radius 3 is 2.54 bits per heavy atom. The zero-order valence-corrected chi connectivity index (χ0v) is 14.3. The number of hydrogen-bond acceptors (Lipinski definition) is 4. The van der Waals surface area contributed by atoms with E-state index in [1.807, 2.05) is 60.7 Å². The molecule has 2 aromatic carbocycles. The first-order chi connectivity index (χ1) is 11.8. The van der Waals surface area contributed by atoms with Gasteiger partial charge in [-0.25, -0.2) is 9.97 Å². The van der Waals surface area contributed by atoms with Gasteiger partial charge >= 0.3 is 0 Å². The Bertz CT molecular complexity index is 966. The molecule has 1 N–H and O–H groups in total. The third kappa shape index (κ3) is 3.03. The molecule has 24 heavy (non-hydrogen) atoms. The van der Waals surface area contributed by atoms with Gasteiger partial charge in [-0.2, -0.15) is 0 Å². The smallest absolute Gasteiger partial charge is 0.162 e. The lowest BCUT2D eigenvalue weighted by Crippen LogP contribution is -2.03. The molecule has 0 aliphatic carbocycles. The van der Waals surface area contributed by atoms with E-state index in [0.717, 1.165) is 32.5 Å². The second-order valence-corrected chi connectivity index (χ2v) is 6.27. The van der Waals surface area contributed by atoms with Crippen molar-refractivity contribution >= 4 is 32.7 Å². The van der Waals surface area contributed by atoms with Crippen LogP contribution in [-0.4, -0.2) is 9.97 Å². The highest BCUT2D eigenvalue weighted by atomic mass is 79.9. The number of nitrogens with zero attached hydrogens (tertiary/aromatic N) is 2. The highest BCUT2D eigenvalue weighted by molar-refractivity contribution is 9.10. The number of benzene rings is 2. The van der Waals surface area contributed by atoms with E-state index >= 15 is 0 Å². The van der Waals surface area contributed by atoms with Gasteiger partial charge in [-0.05, 0) is 36.4 Å². The molecule has 0 saturated heterocycles. The van der Waals surface area contributed by atoms with E-state index in [1.165, 1.54) is 0 Å². The number of nitrogens with one attached hydrogen (secondary N) is 1. The van der Waals surface area contributed by atoms with Crippen molar-refractivity contribution < 1.29 is 4.42 Å². The highest BCUT2D eigenvalue weighted by Gasteiger charge is 2.09. The number of fused-ring (bicyclic) bond motifs is 1. The molecule has 0 fully saturated rings. The van der Waals surface area contributed by atoms with Gasteiger partial charge in [-0.1, -0.05) is 40.2 Å². The first-order valence-corrected chi connectivity index (χ1v) is 8.38. The normalized spacial score (nSPS) is 10.9. The number of hydrogen-bond donors (Lipinski definition) is 1. The maximum absolute atomic E-state index is 5.38. The van der Waals surface area contributed by atoms with Crippen LogP contribution in [0.5, 0.6) is 0 Å². The lowest BCUT2D eigenvalue weighted by molar-refractivity contribution is 0.518. The van der Waals surface area contributed by atoms with Gasteiger partial charge < -0.3 is 9.73 Å². The summed E-state index contributed by atoms with van der Waals surface area (Å²) in [6.45, 7) is 0.577. The fourth-order valence-electron chi connectivity index (χ4n) is 2.52. The maximum Gasteiger partial charge on any atom is 0.162 e. The molecule has 0 atom stereocenters. The number of furan rings is 1. The Morgan fingerprint density at radius 2 is 1.75 bits per heavy atom. The summed E-state index contributed by atoms with van der Waals surface area (Å²) in [5.74, 6) is 2.36. The van der Waals surface area contributed by atoms with Crippen LogP contribution in [0.25, 0.3) is 22.3 Å². The van der Waals surface area contributed by atoms with Crippen LogP contribution in [0.3, 0.4) is 0 Å². The minimum absolute atomic E-state index is 0.577. The van der Waals surface area contributed by atoms with Crippen LogP contribution in [0.15, 0.2) is 75.8 Å². The number of rotatable bonds is 4. The van der Waals surface area contributed by atoms with E-state index < -0.39 is 0 Å². The predicted molar refractivity (Wildman–Crippen MR) is 98.7 cm³/mol. The summed E-state index contributed by atoms with van der Waals surface area (Å²) in [7, 11) is 0. The summed E-state index contributed by atoms with van der Waals surface area (Å²) < 4.78 is 6.41. The lowest BCUT2D eigenvalue weighted by Gasteiger charge is -2.10. The molecule has 0 unspecified atom stereocenters. The average Bonchev–Trinajstić information content (AvgIpc) is 3.13. The van der Waals surface area contributed by atoms with Gasteiger partial charge in [0.05, 0.1) is 18.3 Å². The van der Waals surface area contributed by atoms with E-state index in [4.69, 9.17) is 14.4 Å². The standard InChI is InChI=1S/C19H14BrN3O/c20-14-9-7-13(8-10-14)18-22-17-6-2-1-5-16(17)19(23-18)21-12-15-4-3-11-24-15/h1-11H,12H2,(H,21,22,23). The van der Waals surface area contributed by atoms with Gasteiger partial charge in [0, 0.05) is 15.4 Å². The number of halogens is 1. The minimum Gasteiger partial charge on any atom is -0.467 e. The van der Waals surface area contributed by atoms with Crippen molar-refractivity contribution in [3.8, 4) is 11.4 Å². The third-order valence-corrected chi connectivity index (χ3v) is 4.24. The fourth-order valence-corrected chi connectivity index (χ4v) is 2.79. The second kappa shape index (κ2) is 6.45. The molecule has 0 amide bonds. The van der Waals surface area contributed by atoms with E-state index in [1.54, 1.807) is 6.26 Å². The molecule has 0 aliphatic rings. The van der Waals surface area contributed by atoms with Crippen molar-refractivity contribution in [3.63, 3.8) is 0 Å². The minimum atomic E-state index is 0.577. The van der Waals surface area contributed by atoms with Gasteiger partial charge in [-0.3, -0.25) is 0 Å². The van der Waals surface area contributed by atoms with Crippen molar-refractivity contribution in [1.82, 2.24) is 9.97 Å². The van der Waals surface area contributed by atoms with Crippen LogP contribution in [0.4, 0.5) is 5.82 Å². The molecule has 0 spiro atoms. The molecule has 0 radical (unpaired) electrons. The van der Waals surface area contributed by atoms with Crippen molar-refractivity contribution in [2.75, 3.05) is 5.32 Å². The first kappa shape index (κ1) is 14.9. The van der Waals surface area contributed by atoms with E-state index in [-0.39, 0.29) is 0 Å². The highest BCUT2D eigenvalue weighted by Crippen LogP contribution is 2.26. The Balaban J connectivity index is 1.76. The molecular formula is C19H14BrN3O. The topological polar surface area (TPSA) is 51.0 Å². The quantitative estimate of drug-likeness (QED) is 0.525. The van der Waals surface area contributed by atoms with Crippen molar-refractivity contribution in [1.29, 1.82) is 0 Å². The van der Waals surface area contributed by atoms with Crippen molar-refractivity contribution in [3.05, 3.63) is 77.2 Å². The van der Waals surface area contributed by atoms with Crippen molar-refractivity contribution in [2.45, 2.75) is 6.54 Å².